The largest absolute Gasteiger partial charge is 0.372 e. The molecule has 0 aliphatic rings. The van der Waals surface area contributed by atoms with Gasteiger partial charge in [0.25, 0.3) is 5.91 Å². The van der Waals surface area contributed by atoms with Gasteiger partial charge in [-0.25, -0.2) is 0 Å². The fraction of sp³-hybridized carbons (Fsp3) is 0.300. The molecule has 0 bridgehead atoms. The summed E-state index contributed by atoms with van der Waals surface area (Å²) < 4.78 is 0. The van der Waals surface area contributed by atoms with Gasteiger partial charge in [0.2, 0.25) is 0 Å². The lowest BCUT2D eigenvalue weighted by Gasteiger charge is -2.21. The Morgan fingerprint density at radius 2 is 1.56 bits per heavy atom. The number of nitrogens with zero attached hydrogens (tertiary/aromatic N) is 1. The summed E-state index contributed by atoms with van der Waals surface area (Å²) in [5.74, 6) is -0.208. The Balaban J connectivity index is 1.93. The molecule has 0 aliphatic carbocycles. The zero-order chi connectivity index (χ0) is 18.2. The average Bonchev–Trinajstić information content (AvgIpc) is 2.64. The van der Waals surface area contributed by atoms with Crippen LogP contribution in [0.15, 0.2) is 48.5 Å². The van der Waals surface area contributed by atoms with E-state index in [0.29, 0.717) is 10.7 Å². The minimum Gasteiger partial charge on any atom is -0.372 e. The van der Waals surface area contributed by atoms with E-state index in [1.54, 1.807) is 0 Å². The van der Waals surface area contributed by atoms with Gasteiger partial charge in [-0.3, -0.25) is 10.1 Å². The third-order valence-corrected chi connectivity index (χ3v) is 4.31. The summed E-state index contributed by atoms with van der Waals surface area (Å²) in [5, 5.41) is 6.05. The molecule has 0 aromatic heterocycles. The first-order valence-electron chi connectivity index (χ1n) is 8.63. The molecule has 0 heterocycles. The number of hydrogen-bond acceptors (Lipinski definition) is 3. The molecule has 0 saturated carbocycles. The maximum Gasteiger partial charge on any atom is 0.257 e. The highest BCUT2D eigenvalue weighted by atomic mass is 32.1. The Morgan fingerprint density at radius 3 is 2.08 bits per heavy atom. The number of hydrogen-bond donors (Lipinski definition) is 2. The maximum absolute atomic E-state index is 12.2. The Bertz CT molecular complexity index is 707. The van der Waals surface area contributed by atoms with Gasteiger partial charge < -0.3 is 10.2 Å². The second-order valence-corrected chi connectivity index (χ2v) is 6.09. The van der Waals surface area contributed by atoms with Crippen LogP contribution in [0.1, 0.15) is 36.7 Å². The Hall–Kier alpha value is -2.40. The van der Waals surface area contributed by atoms with E-state index in [4.69, 9.17) is 12.2 Å². The lowest BCUT2D eigenvalue weighted by molar-refractivity contribution is 0.0977. The topological polar surface area (TPSA) is 44.4 Å². The van der Waals surface area contributed by atoms with E-state index in [9.17, 15) is 4.79 Å². The quantitative estimate of drug-likeness (QED) is 0.762. The summed E-state index contributed by atoms with van der Waals surface area (Å²) in [6.07, 6.45) is 0.950. The van der Waals surface area contributed by atoms with Crippen LogP contribution in [-0.2, 0) is 6.42 Å². The predicted octanol–water partition coefficient (Wildman–Crippen LogP) is 4.22. The smallest absolute Gasteiger partial charge is 0.257 e. The maximum atomic E-state index is 12.2. The van der Waals surface area contributed by atoms with Crippen LogP contribution in [0.4, 0.5) is 11.4 Å². The van der Waals surface area contributed by atoms with Gasteiger partial charge >= 0.3 is 0 Å². The van der Waals surface area contributed by atoms with Crippen LogP contribution in [-0.4, -0.2) is 24.1 Å². The van der Waals surface area contributed by atoms with Crippen molar-refractivity contribution in [1.82, 2.24) is 5.32 Å². The number of nitrogens with one attached hydrogen (secondary N) is 2. The molecule has 0 atom stereocenters. The van der Waals surface area contributed by atoms with Crippen molar-refractivity contribution in [2.75, 3.05) is 23.3 Å². The molecule has 4 nitrogen and oxygen atoms in total. The van der Waals surface area contributed by atoms with Crippen molar-refractivity contribution in [3.8, 4) is 0 Å². The third kappa shape index (κ3) is 5.29. The van der Waals surface area contributed by atoms with Crippen molar-refractivity contribution in [1.29, 1.82) is 0 Å². The Morgan fingerprint density at radius 1 is 0.960 bits per heavy atom. The highest BCUT2D eigenvalue weighted by Gasteiger charge is 2.08. The minimum atomic E-state index is -0.208. The van der Waals surface area contributed by atoms with Gasteiger partial charge in [-0.2, -0.15) is 0 Å². The molecule has 5 heteroatoms. The number of thiocarbonyl (C=S) groups is 1. The third-order valence-electron chi connectivity index (χ3n) is 4.11. The van der Waals surface area contributed by atoms with E-state index in [0.717, 1.165) is 25.2 Å². The summed E-state index contributed by atoms with van der Waals surface area (Å²) in [5.41, 5.74) is 3.81. The van der Waals surface area contributed by atoms with Crippen molar-refractivity contribution in [3.63, 3.8) is 0 Å². The van der Waals surface area contributed by atoms with Crippen molar-refractivity contribution >= 4 is 34.6 Å². The number of rotatable bonds is 6. The summed E-state index contributed by atoms with van der Waals surface area (Å²) >= 11 is 5.24. The lowest BCUT2D eigenvalue weighted by Crippen LogP contribution is -2.34. The number of anilines is 2. The van der Waals surface area contributed by atoms with Crippen molar-refractivity contribution in [2.24, 2.45) is 0 Å². The molecule has 0 unspecified atom stereocenters. The van der Waals surface area contributed by atoms with E-state index < -0.39 is 0 Å². The lowest BCUT2D eigenvalue weighted by atomic mass is 10.1. The molecule has 1 amide bonds. The van der Waals surface area contributed by atoms with Crippen LogP contribution in [0.2, 0.25) is 0 Å². The summed E-state index contributed by atoms with van der Waals surface area (Å²) in [6, 6.07) is 15.6. The minimum absolute atomic E-state index is 0.208. The molecule has 2 N–H and O–H groups in total. The zero-order valence-electron chi connectivity index (χ0n) is 15.0. The van der Waals surface area contributed by atoms with Crippen LogP contribution in [0.3, 0.4) is 0 Å². The van der Waals surface area contributed by atoms with Crippen LogP contribution in [0, 0.1) is 0 Å². The van der Waals surface area contributed by atoms with Crippen LogP contribution >= 0.6 is 12.2 Å². The Kier molecular flexibility index (Phi) is 6.95. The molecule has 0 radical (unpaired) electrons. The first-order chi connectivity index (χ1) is 12.1. The normalized spacial score (nSPS) is 10.2. The van der Waals surface area contributed by atoms with Crippen molar-refractivity contribution in [2.45, 2.75) is 27.2 Å². The van der Waals surface area contributed by atoms with Crippen LogP contribution < -0.4 is 15.5 Å². The van der Waals surface area contributed by atoms with Gasteiger partial charge in [-0.05, 0) is 74.4 Å². The first-order valence-corrected chi connectivity index (χ1v) is 9.04. The fourth-order valence-corrected chi connectivity index (χ4v) is 2.78. The molecule has 0 saturated heterocycles. The van der Waals surface area contributed by atoms with E-state index in [1.807, 2.05) is 48.5 Å². The van der Waals surface area contributed by atoms with Crippen LogP contribution in [0.25, 0.3) is 0 Å². The van der Waals surface area contributed by atoms with Gasteiger partial charge in [-0.1, -0.05) is 19.1 Å². The Labute approximate surface area is 155 Å². The molecule has 25 heavy (non-hydrogen) atoms. The highest BCUT2D eigenvalue weighted by molar-refractivity contribution is 7.80. The molecule has 0 aliphatic heterocycles. The summed E-state index contributed by atoms with van der Waals surface area (Å²) in [7, 11) is 0. The van der Waals surface area contributed by atoms with Gasteiger partial charge in [0.15, 0.2) is 5.11 Å². The van der Waals surface area contributed by atoms with E-state index in [1.165, 1.54) is 11.3 Å². The first kappa shape index (κ1) is 18.9. The number of benzene rings is 2. The van der Waals surface area contributed by atoms with Gasteiger partial charge in [0, 0.05) is 30.0 Å². The molecule has 0 spiro atoms. The molecular formula is C20H25N3OS. The zero-order valence-corrected chi connectivity index (χ0v) is 15.8. The standard InChI is InChI=1S/C20H25N3OS/c1-4-15-7-9-16(10-8-15)19(24)22-20(25)21-17-11-13-18(14-12-17)23(5-2)6-3/h7-14H,4-6H2,1-3H3,(H2,21,22,24,25). The second kappa shape index (κ2) is 9.18. The average molecular weight is 356 g/mol. The fourth-order valence-electron chi connectivity index (χ4n) is 2.57. The molecular weight excluding hydrogens is 330 g/mol. The number of amides is 1. The van der Waals surface area contributed by atoms with Crippen LogP contribution in [0.5, 0.6) is 0 Å². The number of carbonyl (C=O) groups excluding carboxylic acids is 1. The molecule has 2 aromatic carbocycles. The molecule has 132 valence electrons. The number of carbonyl (C=O) groups is 1. The van der Waals surface area contributed by atoms with E-state index in [2.05, 4.69) is 36.3 Å². The summed E-state index contributed by atoms with van der Waals surface area (Å²) in [6.45, 7) is 8.28. The highest BCUT2D eigenvalue weighted by Crippen LogP contribution is 2.17. The molecule has 2 rings (SSSR count). The molecule has 0 fully saturated rings. The predicted molar refractivity (Wildman–Crippen MR) is 110 cm³/mol. The van der Waals surface area contributed by atoms with E-state index in [-0.39, 0.29) is 5.91 Å². The summed E-state index contributed by atoms with van der Waals surface area (Å²) in [4.78, 5) is 14.5. The van der Waals surface area contributed by atoms with Gasteiger partial charge in [0.05, 0.1) is 0 Å². The van der Waals surface area contributed by atoms with E-state index >= 15 is 0 Å². The van der Waals surface area contributed by atoms with Gasteiger partial charge in [0.1, 0.15) is 0 Å². The van der Waals surface area contributed by atoms with Gasteiger partial charge in [-0.15, -0.1) is 0 Å². The van der Waals surface area contributed by atoms with Crippen molar-refractivity contribution < 1.29 is 4.79 Å². The number of aryl methyl sites for hydroxylation is 1. The van der Waals surface area contributed by atoms with Crippen molar-refractivity contribution in [3.05, 3.63) is 59.7 Å². The monoisotopic (exact) mass is 355 g/mol. The SMILES string of the molecule is CCc1ccc(C(=O)NC(=S)Nc2ccc(N(CC)CC)cc2)cc1. The molecule has 2 aromatic rings. The second-order valence-electron chi connectivity index (χ2n) is 5.68.